The van der Waals surface area contributed by atoms with Crippen LogP contribution in [0, 0.1) is 11.7 Å². The molecule has 1 unspecified atom stereocenters. The third kappa shape index (κ3) is 7.90. The van der Waals surface area contributed by atoms with Gasteiger partial charge in [-0.05, 0) is 43.4 Å². The molecule has 2 heterocycles. The van der Waals surface area contributed by atoms with Crippen LogP contribution >= 0.6 is 0 Å². The summed E-state index contributed by atoms with van der Waals surface area (Å²) >= 11 is 0. The second-order valence-electron chi connectivity index (χ2n) is 8.90. The number of aliphatic imine (C=N–C) groups is 1. The predicted molar refractivity (Wildman–Crippen MR) is 127 cm³/mol. The van der Waals surface area contributed by atoms with Crippen LogP contribution in [0.3, 0.4) is 0 Å². The molecular formula is C24H40FN5O2. The maximum absolute atomic E-state index is 14.0. The summed E-state index contributed by atoms with van der Waals surface area (Å²) in [5.74, 6) is 1.43. The Morgan fingerprint density at radius 2 is 1.97 bits per heavy atom. The molecule has 7 nitrogen and oxygen atoms in total. The average Bonchev–Trinajstić information content (AvgIpc) is 2.80. The lowest BCUT2D eigenvalue weighted by atomic mass is 10.0. The highest BCUT2D eigenvalue weighted by Crippen LogP contribution is 2.20. The second kappa shape index (κ2) is 13.0. The molecule has 8 heteroatoms. The molecule has 32 heavy (non-hydrogen) atoms. The van der Waals surface area contributed by atoms with E-state index in [0.717, 1.165) is 89.9 Å². The predicted octanol–water partition coefficient (Wildman–Crippen LogP) is 2.32. The lowest BCUT2D eigenvalue weighted by Gasteiger charge is -2.33. The van der Waals surface area contributed by atoms with E-state index in [1.54, 1.807) is 12.1 Å². The zero-order valence-electron chi connectivity index (χ0n) is 19.9. The van der Waals surface area contributed by atoms with Gasteiger partial charge in [-0.3, -0.25) is 14.8 Å². The van der Waals surface area contributed by atoms with Gasteiger partial charge in [0.05, 0.1) is 20.3 Å². The Bertz CT molecular complexity index is 718. The summed E-state index contributed by atoms with van der Waals surface area (Å²) < 4.78 is 24.4. The van der Waals surface area contributed by atoms with Crippen molar-refractivity contribution >= 4 is 5.96 Å². The smallest absolute Gasteiger partial charge is 0.191 e. The molecule has 2 aliphatic heterocycles. The summed E-state index contributed by atoms with van der Waals surface area (Å²) in [6.07, 6.45) is 2.10. The third-order valence-electron chi connectivity index (χ3n) is 6.13. The fourth-order valence-corrected chi connectivity index (χ4v) is 4.34. The van der Waals surface area contributed by atoms with Crippen molar-refractivity contribution in [2.45, 2.75) is 39.3 Å². The number of nitrogens with one attached hydrogen (secondary N) is 2. The first kappa shape index (κ1) is 24.7. The van der Waals surface area contributed by atoms with E-state index in [2.05, 4.69) is 34.3 Å². The Labute approximate surface area is 192 Å². The summed E-state index contributed by atoms with van der Waals surface area (Å²) in [4.78, 5) is 9.70. The van der Waals surface area contributed by atoms with Crippen LogP contribution in [0.4, 0.5) is 4.39 Å². The molecule has 0 aromatic heterocycles. The van der Waals surface area contributed by atoms with Crippen LogP contribution in [-0.4, -0.2) is 87.9 Å². The molecule has 2 aliphatic rings. The fraction of sp³-hybridized carbons (Fsp3) is 0.708. The van der Waals surface area contributed by atoms with E-state index >= 15 is 0 Å². The molecule has 0 bridgehead atoms. The summed E-state index contributed by atoms with van der Waals surface area (Å²) in [6, 6.07) is 5.64. The van der Waals surface area contributed by atoms with Crippen LogP contribution in [0.15, 0.2) is 23.2 Å². The van der Waals surface area contributed by atoms with Crippen LogP contribution in [0.5, 0.6) is 5.75 Å². The van der Waals surface area contributed by atoms with Crippen molar-refractivity contribution in [3.63, 3.8) is 0 Å². The Morgan fingerprint density at radius 1 is 1.22 bits per heavy atom. The highest BCUT2D eigenvalue weighted by molar-refractivity contribution is 5.80. The molecule has 0 radical (unpaired) electrons. The van der Waals surface area contributed by atoms with Gasteiger partial charge in [-0.15, -0.1) is 0 Å². The Balaban J connectivity index is 1.42. The molecule has 1 atom stereocenters. The van der Waals surface area contributed by atoms with Crippen molar-refractivity contribution in [1.29, 1.82) is 0 Å². The van der Waals surface area contributed by atoms with E-state index in [1.165, 1.54) is 7.11 Å². The number of guanidine groups is 1. The summed E-state index contributed by atoms with van der Waals surface area (Å²) in [6.45, 7) is 13.6. The van der Waals surface area contributed by atoms with Crippen molar-refractivity contribution in [1.82, 2.24) is 20.4 Å². The van der Waals surface area contributed by atoms with E-state index in [9.17, 15) is 4.39 Å². The minimum atomic E-state index is -0.295. The first-order chi connectivity index (χ1) is 15.6. The zero-order valence-corrected chi connectivity index (χ0v) is 19.9. The molecule has 0 aliphatic carbocycles. The number of rotatable bonds is 9. The summed E-state index contributed by atoms with van der Waals surface area (Å²) in [5, 5.41) is 7.02. The Hall–Kier alpha value is -1.90. The number of morpholine rings is 1. The summed E-state index contributed by atoms with van der Waals surface area (Å²) in [5.41, 5.74) is 0.985. The van der Waals surface area contributed by atoms with Crippen LogP contribution in [0.25, 0.3) is 0 Å². The van der Waals surface area contributed by atoms with E-state index in [0.29, 0.717) is 17.7 Å². The molecule has 180 valence electrons. The Kier molecular flexibility index (Phi) is 10.0. The van der Waals surface area contributed by atoms with Gasteiger partial charge in [-0.2, -0.15) is 0 Å². The molecular weight excluding hydrogens is 409 g/mol. The van der Waals surface area contributed by atoms with Gasteiger partial charge < -0.3 is 20.1 Å². The molecule has 3 rings (SSSR count). The maximum Gasteiger partial charge on any atom is 0.191 e. The van der Waals surface area contributed by atoms with Gasteiger partial charge in [0.1, 0.15) is 0 Å². The van der Waals surface area contributed by atoms with Crippen molar-refractivity contribution in [3.05, 3.63) is 29.6 Å². The molecule has 0 saturated carbocycles. The minimum absolute atomic E-state index is 0.295. The van der Waals surface area contributed by atoms with Crippen molar-refractivity contribution in [3.8, 4) is 5.75 Å². The second-order valence-corrected chi connectivity index (χ2v) is 8.90. The van der Waals surface area contributed by atoms with Crippen LogP contribution in [0.2, 0.25) is 0 Å². The normalized spacial score (nSPS) is 20.2. The van der Waals surface area contributed by atoms with Gasteiger partial charge >= 0.3 is 0 Å². The van der Waals surface area contributed by atoms with E-state index in [4.69, 9.17) is 14.5 Å². The number of hydrogen-bond donors (Lipinski definition) is 2. The summed E-state index contributed by atoms with van der Waals surface area (Å²) in [7, 11) is 1.49. The van der Waals surface area contributed by atoms with Crippen LogP contribution < -0.4 is 15.4 Å². The maximum atomic E-state index is 14.0. The number of likely N-dealkylation sites (tertiary alicyclic amines) is 1. The number of ether oxygens (including phenoxy) is 2. The monoisotopic (exact) mass is 449 g/mol. The van der Waals surface area contributed by atoms with Crippen LogP contribution in [0.1, 0.15) is 32.3 Å². The number of halogens is 1. The highest BCUT2D eigenvalue weighted by atomic mass is 19.1. The number of nitrogens with zero attached hydrogens (tertiary/aromatic N) is 3. The van der Waals surface area contributed by atoms with Gasteiger partial charge in [0.25, 0.3) is 0 Å². The lowest BCUT2D eigenvalue weighted by molar-refractivity contribution is 0.0323. The SMILES string of the molecule is CCNC(=NCC(C)CN1CCOCC1)NC1CCN(Cc2ccc(OC)c(F)c2)CC1. The first-order valence-electron chi connectivity index (χ1n) is 12.0. The van der Waals surface area contributed by atoms with E-state index < -0.39 is 0 Å². The van der Waals surface area contributed by atoms with E-state index in [-0.39, 0.29) is 5.82 Å². The lowest BCUT2D eigenvalue weighted by Crippen LogP contribution is -2.48. The molecule has 2 fully saturated rings. The first-order valence-corrected chi connectivity index (χ1v) is 12.0. The zero-order chi connectivity index (χ0) is 22.8. The highest BCUT2D eigenvalue weighted by Gasteiger charge is 2.21. The molecule has 1 aromatic carbocycles. The molecule has 0 spiro atoms. The van der Waals surface area contributed by atoms with Crippen LogP contribution in [-0.2, 0) is 11.3 Å². The Morgan fingerprint density at radius 3 is 2.62 bits per heavy atom. The minimum Gasteiger partial charge on any atom is -0.494 e. The van der Waals surface area contributed by atoms with Crippen molar-refractivity contribution in [2.75, 3.05) is 66.1 Å². The topological polar surface area (TPSA) is 61.4 Å². The largest absolute Gasteiger partial charge is 0.494 e. The molecule has 0 amide bonds. The standard InChI is InChI=1S/C24H40FN5O2/c1-4-26-24(27-16-19(2)17-30-11-13-32-14-12-30)28-21-7-9-29(10-8-21)18-20-5-6-23(31-3)22(25)15-20/h5-6,15,19,21H,4,7-14,16-18H2,1-3H3,(H2,26,27,28). The van der Waals surface area contributed by atoms with Gasteiger partial charge in [0.2, 0.25) is 0 Å². The van der Waals surface area contributed by atoms with Crippen molar-refractivity contribution in [2.24, 2.45) is 10.9 Å². The van der Waals surface area contributed by atoms with Gasteiger partial charge in [-0.25, -0.2) is 4.39 Å². The molecule has 1 aromatic rings. The third-order valence-corrected chi connectivity index (χ3v) is 6.13. The number of benzene rings is 1. The van der Waals surface area contributed by atoms with Gasteiger partial charge in [0.15, 0.2) is 17.5 Å². The number of hydrogen-bond acceptors (Lipinski definition) is 5. The molecule has 2 N–H and O–H groups in total. The van der Waals surface area contributed by atoms with Gasteiger partial charge in [-0.1, -0.05) is 13.0 Å². The van der Waals surface area contributed by atoms with Gasteiger partial charge in [0, 0.05) is 58.4 Å². The average molecular weight is 450 g/mol. The van der Waals surface area contributed by atoms with Crippen molar-refractivity contribution < 1.29 is 13.9 Å². The number of methoxy groups -OCH3 is 1. The number of piperidine rings is 1. The molecule has 2 saturated heterocycles. The fourth-order valence-electron chi connectivity index (χ4n) is 4.34. The quantitative estimate of drug-likeness (QED) is 0.446. The van der Waals surface area contributed by atoms with E-state index in [1.807, 2.05) is 6.07 Å².